The van der Waals surface area contributed by atoms with Crippen molar-refractivity contribution in [3.05, 3.63) is 35.5 Å². The van der Waals surface area contributed by atoms with Gasteiger partial charge in [-0.15, -0.1) is 24.8 Å². The summed E-state index contributed by atoms with van der Waals surface area (Å²) in [7, 11) is 0. The summed E-state index contributed by atoms with van der Waals surface area (Å²) < 4.78 is 0. The zero-order chi connectivity index (χ0) is 14.1. The molecule has 4 N–H and O–H groups in total. The number of halogens is 2. The first-order valence-electron chi connectivity index (χ1n) is 6.78. The highest BCUT2D eigenvalue weighted by atomic mass is 35.5. The fourth-order valence-corrected chi connectivity index (χ4v) is 2.59. The van der Waals surface area contributed by atoms with Crippen LogP contribution in [0.4, 0.5) is 5.95 Å². The average Bonchev–Trinajstić information content (AvgIpc) is 2.95. The van der Waals surface area contributed by atoms with E-state index in [4.69, 9.17) is 5.73 Å². The monoisotopic (exact) mass is 342 g/mol. The predicted molar refractivity (Wildman–Crippen MR) is 93.0 cm³/mol. The molecule has 5 nitrogen and oxygen atoms in total. The summed E-state index contributed by atoms with van der Waals surface area (Å²) in [4.78, 5) is 8.60. The van der Waals surface area contributed by atoms with Gasteiger partial charge in [-0.1, -0.05) is 11.6 Å². The molecule has 7 heteroatoms. The number of hydrogen-bond donors (Lipinski definition) is 3. The fourth-order valence-electron chi connectivity index (χ4n) is 2.59. The third-order valence-corrected chi connectivity index (χ3v) is 3.67. The molecule has 0 aliphatic carbocycles. The van der Waals surface area contributed by atoms with Crippen LogP contribution in [0.3, 0.4) is 0 Å². The first-order valence-corrected chi connectivity index (χ1v) is 6.78. The summed E-state index contributed by atoms with van der Waals surface area (Å²) >= 11 is 0. The molecule has 0 saturated carbocycles. The number of aromatic nitrogens is 2. The highest BCUT2D eigenvalue weighted by Crippen LogP contribution is 2.31. The summed E-state index contributed by atoms with van der Waals surface area (Å²) in [5, 5.41) is 13.3. The molecule has 0 spiro atoms. The number of aromatic hydroxyl groups is 1. The number of aryl methyl sites for hydroxylation is 1. The predicted octanol–water partition coefficient (Wildman–Crippen LogP) is 2.66. The lowest BCUT2D eigenvalue weighted by Gasteiger charge is -2.11. The molecule has 22 heavy (non-hydrogen) atoms. The number of phenols is 1. The van der Waals surface area contributed by atoms with Crippen molar-refractivity contribution >= 4 is 30.8 Å². The van der Waals surface area contributed by atoms with Gasteiger partial charge in [0.25, 0.3) is 0 Å². The van der Waals surface area contributed by atoms with Crippen molar-refractivity contribution < 1.29 is 5.11 Å². The van der Waals surface area contributed by atoms with Gasteiger partial charge in [-0.3, -0.25) is 0 Å². The van der Waals surface area contributed by atoms with Gasteiger partial charge in [-0.05, 0) is 38.1 Å². The molecule has 1 aliphatic heterocycles. The minimum atomic E-state index is 0. The zero-order valence-electron chi connectivity index (χ0n) is 12.2. The summed E-state index contributed by atoms with van der Waals surface area (Å²) in [6.45, 7) is 3.89. The second-order valence-corrected chi connectivity index (χ2v) is 5.25. The molecule has 1 fully saturated rings. The van der Waals surface area contributed by atoms with Crippen LogP contribution in [-0.2, 0) is 0 Å². The van der Waals surface area contributed by atoms with Crippen LogP contribution in [0.1, 0.15) is 23.6 Å². The smallest absolute Gasteiger partial charge is 0.220 e. The van der Waals surface area contributed by atoms with E-state index in [0.29, 0.717) is 17.2 Å². The van der Waals surface area contributed by atoms with E-state index in [-0.39, 0.29) is 36.5 Å². The van der Waals surface area contributed by atoms with Gasteiger partial charge < -0.3 is 16.2 Å². The van der Waals surface area contributed by atoms with Crippen LogP contribution >= 0.6 is 24.8 Å². The summed E-state index contributed by atoms with van der Waals surface area (Å²) in [6.07, 6.45) is 1.05. The maximum absolute atomic E-state index is 10.0. The van der Waals surface area contributed by atoms with Crippen LogP contribution in [0.2, 0.25) is 0 Å². The second kappa shape index (κ2) is 7.63. The van der Waals surface area contributed by atoms with E-state index >= 15 is 0 Å². The van der Waals surface area contributed by atoms with E-state index < -0.39 is 0 Å². The van der Waals surface area contributed by atoms with Crippen LogP contribution in [0.5, 0.6) is 5.75 Å². The first kappa shape index (κ1) is 18.5. The molecule has 1 saturated heterocycles. The molecule has 2 heterocycles. The Morgan fingerprint density at radius 3 is 2.68 bits per heavy atom. The third kappa shape index (κ3) is 3.80. The summed E-state index contributed by atoms with van der Waals surface area (Å²) in [5.74, 6) is 0.834. The number of nitrogens with one attached hydrogen (secondary N) is 1. The Bertz CT molecular complexity index is 645. The van der Waals surface area contributed by atoms with Crippen molar-refractivity contribution in [1.82, 2.24) is 15.3 Å². The first-order chi connectivity index (χ1) is 9.63. The van der Waals surface area contributed by atoms with Gasteiger partial charge in [0.05, 0.1) is 11.4 Å². The number of anilines is 1. The van der Waals surface area contributed by atoms with E-state index in [0.717, 1.165) is 30.8 Å². The van der Waals surface area contributed by atoms with Gasteiger partial charge in [0, 0.05) is 18.0 Å². The number of rotatable bonds is 2. The molecule has 1 aliphatic rings. The number of nitrogens with two attached hydrogens (primary N) is 1. The molecule has 1 aromatic heterocycles. The minimum Gasteiger partial charge on any atom is -0.507 e. The lowest BCUT2D eigenvalue weighted by Crippen LogP contribution is -2.10. The lowest BCUT2D eigenvalue weighted by atomic mass is 10.0. The minimum absolute atomic E-state index is 0. The van der Waals surface area contributed by atoms with Crippen LogP contribution in [0.25, 0.3) is 11.3 Å². The average molecular weight is 343 g/mol. The molecular weight excluding hydrogens is 323 g/mol. The molecule has 1 aromatic carbocycles. The summed E-state index contributed by atoms with van der Waals surface area (Å²) in [5.41, 5.74) is 9.22. The highest BCUT2D eigenvalue weighted by Gasteiger charge is 2.20. The molecule has 2 aromatic rings. The standard InChI is InChI=1S/C15H18N4O.2ClH/c1-9-2-3-14(20)11(6-9)13-7-12(18-15(16)19-13)10-4-5-17-8-10;;/h2-3,6-7,10,17,20H,4-5,8H2,1H3,(H2,16,18,19);2*1H. The van der Waals surface area contributed by atoms with Crippen molar-refractivity contribution in [2.45, 2.75) is 19.3 Å². The summed E-state index contributed by atoms with van der Waals surface area (Å²) in [6, 6.07) is 7.39. The van der Waals surface area contributed by atoms with Crippen LogP contribution < -0.4 is 11.1 Å². The number of benzene rings is 1. The molecule has 3 rings (SSSR count). The fraction of sp³-hybridized carbons (Fsp3) is 0.333. The highest BCUT2D eigenvalue weighted by molar-refractivity contribution is 5.85. The van der Waals surface area contributed by atoms with Crippen molar-refractivity contribution in [3.8, 4) is 17.0 Å². The Morgan fingerprint density at radius 2 is 2.00 bits per heavy atom. The molecule has 1 atom stereocenters. The molecular formula is C15H20Cl2N4O. The Labute approximate surface area is 142 Å². The lowest BCUT2D eigenvalue weighted by molar-refractivity contribution is 0.477. The maximum atomic E-state index is 10.0. The maximum Gasteiger partial charge on any atom is 0.220 e. The van der Waals surface area contributed by atoms with Crippen molar-refractivity contribution in [3.63, 3.8) is 0 Å². The van der Waals surface area contributed by atoms with E-state index in [2.05, 4.69) is 15.3 Å². The van der Waals surface area contributed by atoms with Crippen molar-refractivity contribution in [1.29, 1.82) is 0 Å². The number of nitrogens with zero attached hydrogens (tertiary/aromatic N) is 2. The third-order valence-electron chi connectivity index (χ3n) is 3.67. The van der Waals surface area contributed by atoms with Gasteiger partial charge in [-0.25, -0.2) is 9.97 Å². The number of nitrogen functional groups attached to an aromatic ring is 1. The van der Waals surface area contributed by atoms with Gasteiger partial charge in [0.2, 0.25) is 5.95 Å². The van der Waals surface area contributed by atoms with Gasteiger partial charge in [0.15, 0.2) is 0 Å². The second-order valence-electron chi connectivity index (χ2n) is 5.25. The Hall–Kier alpha value is -1.56. The van der Waals surface area contributed by atoms with Crippen LogP contribution in [0, 0.1) is 6.92 Å². The zero-order valence-corrected chi connectivity index (χ0v) is 13.9. The number of hydrogen-bond acceptors (Lipinski definition) is 5. The van der Waals surface area contributed by atoms with E-state index in [9.17, 15) is 5.11 Å². The quantitative estimate of drug-likeness (QED) is 0.781. The number of phenolic OH excluding ortho intramolecular Hbond substituents is 1. The van der Waals surface area contributed by atoms with Crippen molar-refractivity contribution in [2.75, 3.05) is 18.8 Å². The Morgan fingerprint density at radius 1 is 1.23 bits per heavy atom. The topological polar surface area (TPSA) is 84.1 Å². The molecule has 1 unspecified atom stereocenters. The van der Waals surface area contributed by atoms with Crippen LogP contribution in [0.15, 0.2) is 24.3 Å². The molecule has 0 bridgehead atoms. The largest absolute Gasteiger partial charge is 0.507 e. The SMILES string of the molecule is Cc1ccc(O)c(-c2cc(C3CCNC3)nc(N)n2)c1.Cl.Cl. The van der Waals surface area contributed by atoms with E-state index in [1.807, 2.05) is 25.1 Å². The molecule has 0 radical (unpaired) electrons. The molecule has 0 amide bonds. The van der Waals surface area contributed by atoms with E-state index in [1.165, 1.54) is 0 Å². The van der Waals surface area contributed by atoms with Crippen LogP contribution in [-0.4, -0.2) is 28.2 Å². The van der Waals surface area contributed by atoms with Gasteiger partial charge in [-0.2, -0.15) is 0 Å². The molecule has 120 valence electrons. The van der Waals surface area contributed by atoms with Gasteiger partial charge in [0.1, 0.15) is 5.75 Å². The Kier molecular flexibility index (Phi) is 6.41. The van der Waals surface area contributed by atoms with E-state index in [1.54, 1.807) is 6.07 Å². The normalized spacial score (nSPS) is 16.7. The van der Waals surface area contributed by atoms with Crippen molar-refractivity contribution in [2.24, 2.45) is 0 Å². The Balaban J connectivity index is 0.00000121. The van der Waals surface area contributed by atoms with Gasteiger partial charge >= 0.3 is 0 Å².